The number of hydrogen-bond donors (Lipinski definition) is 1. The lowest BCUT2D eigenvalue weighted by molar-refractivity contribution is 0.226. The molecule has 1 spiro atoms. The summed E-state index contributed by atoms with van der Waals surface area (Å²) in [6.07, 6.45) is 10.2. The van der Waals surface area contributed by atoms with Crippen LogP contribution in [-0.4, -0.2) is 23.1 Å². The molecular weight excluding hydrogens is 254 g/mol. The van der Waals surface area contributed by atoms with Crippen LogP contribution >= 0.6 is 12.2 Å². The Morgan fingerprint density at radius 2 is 1.84 bits per heavy atom. The zero-order chi connectivity index (χ0) is 13.3. The Kier molecular flexibility index (Phi) is 3.44. The van der Waals surface area contributed by atoms with Crippen molar-refractivity contribution in [2.24, 2.45) is 11.1 Å². The first-order valence-electron chi connectivity index (χ1n) is 7.19. The Labute approximate surface area is 120 Å². The minimum atomic E-state index is 0.419. The summed E-state index contributed by atoms with van der Waals surface area (Å²) in [5.74, 6) is 1.06. The van der Waals surface area contributed by atoms with E-state index in [-0.39, 0.29) is 0 Å². The predicted octanol–water partition coefficient (Wildman–Crippen LogP) is 2.88. The highest BCUT2D eigenvalue weighted by molar-refractivity contribution is 7.80. The van der Waals surface area contributed by atoms with Crippen molar-refractivity contribution in [3.63, 3.8) is 0 Å². The summed E-state index contributed by atoms with van der Waals surface area (Å²) in [4.78, 5) is 7.31. The van der Waals surface area contributed by atoms with Crippen molar-refractivity contribution in [2.45, 2.75) is 38.5 Å². The number of hydrogen-bond acceptors (Lipinski definition) is 3. The van der Waals surface area contributed by atoms with Crippen LogP contribution in [0.2, 0.25) is 0 Å². The fraction of sp³-hybridized carbons (Fsp3) is 0.600. The van der Waals surface area contributed by atoms with E-state index in [2.05, 4.69) is 9.88 Å². The molecule has 1 aliphatic carbocycles. The lowest BCUT2D eigenvalue weighted by atomic mass is 9.77. The van der Waals surface area contributed by atoms with Gasteiger partial charge in [-0.15, -0.1) is 0 Å². The van der Waals surface area contributed by atoms with E-state index in [1.54, 1.807) is 6.20 Å². The Hall–Kier alpha value is -1.16. The highest BCUT2D eigenvalue weighted by Gasteiger charge is 2.37. The van der Waals surface area contributed by atoms with Crippen molar-refractivity contribution >= 4 is 23.0 Å². The molecular formula is C15H21N3S. The van der Waals surface area contributed by atoms with Crippen LogP contribution < -0.4 is 10.6 Å². The molecule has 102 valence electrons. The summed E-state index contributed by atoms with van der Waals surface area (Å²) in [7, 11) is 0. The van der Waals surface area contributed by atoms with E-state index in [4.69, 9.17) is 18.0 Å². The molecule has 0 amide bonds. The monoisotopic (exact) mass is 275 g/mol. The third-order valence-corrected chi connectivity index (χ3v) is 5.08. The third kappa shape index (κ3) is 2.59. The maximum Gasteiger partial charge on any atom is 0.128 e. The van der Waals surface area contributed by atoms with Gasteiger partial charge in [0.15, 0.2) is 0 Å². The maximum absolute atomic E-state index is 5.60. The summed E-state index contributed by atoms with van der Waals surface area (Å²) >= 11 is 4.95. The lowest BCUT2D eigenvalue weighted by Gasteiger charge is -2.40. The number of nitrogens with two attached hydrogens (primary N) is 1. The minimum Gasteiger partial charge on any atom is -0.389 e. The topological polar surface area (TPSA) is 42.1 Å². The molecule has 1 saturated carbocycles. The van der Waals surface area contributed by atoms with Crippen molar-refractivity contribution < 1.29 is 0 Å². The van der Waals surface area contributed by atoms with Gasteiger partial charge in [0, 0.05) is 24.8 Å². The molecule has 3 nitrogen and oxygen atoms in total. The molecule has 1 aromatic heterocycles. The predicted molar refractivity (Wildman–Crippen MR) is 82.5 cm³/mol. The summed E-state index contributed by atoms with van der Waals surface area (Å²) in [6, 6.07) is 4.02. The van der Waals surface area contributed by atoms with Crippen molar-refractivity contribution in [3.8, 4) is 0 Å². The first kappa shape index (κ1) is 12.9. The average Bonchev–Trinajstić information content (AvgIpc) is 2.88. The summed E-state index contributed by atoms with van der Waals surface area (Å²) in [5, 5.41) is 0. The van der Waals surface area contributed by atoms with Gasteiger partial charge in [-0.3, -0.25) is 0 Å². The molecule has 1 aliphatic heterocycles. The first-order valence-corrected chi connectivity index (χ1v) is 7.60. The Balaban J connectivity index is 1.66. The van der Waals surface area contributed by atoms with Gasteiger partial charge in [-0.2, -0.15) is 0 Å². The zero-order valence-electron chi connectivity index (χ0n) is 11.3. The number of nitrogens with zero attached hydrogens (tertiary/aromatic N) is 2. The molecule has 0 bridgehead atoms. The second kappa shape index (κ2) is 5.08. The third-order valence-electron chi connectivity index (χ3n) is 4.84. The number of aromatic nitrogens is 1. The number of thiocarbonyl (C=S) groups is 1. The summed E-state index contributed by atoms with van der Waals surface area (Å²) in [5.41, 5.74) is 7.11. The molecule has 2 heterocycles. The van der Waals surface area contributed by atoms with E-state index in [0.29, 0.717) is 10.4 Å². The number of pyridine rings is 1. The van der Waals surface area contributed by atoms with E-state index in [1.165, 1.54) is 38.5 Å². The molecule has 3 rings (SSSR count). The van der Waals surface area contributed by atoms with Gasteiger partial charge in [0.25, 0.3) is 0 Å². The van der Waals surface area contributed by atoms with Gasteiger partial charge in [-0.1, -0.05) is 25.1 Å². The van der Waals surface area contributed by atoms with Gasteiger partial charge in [0.2, 0.25) is 0 Å². The van der Waals surface area contributed by atoms with Gasteiger partial charge >= 0.3 is 0 Å². The van der Waals surface area contributed by atoms with E-state index in [9.17, 15) is 0 Å². The molecule has 0 atom stereocenters. The van der Waals surface area contributed by atoms with Crippen LogP contribution in [0.4, 0.5) is 5.82 Å². The van der Waals surface area contributed by atoms with Crippen molar-refractivity contribution in [1.29, 1.82) is 0 Å². The fourth-order valence-electron chi connectivity index (χ4n) is 3.55. The molecule has 19 heavy (non-hydrogen) atoms. The van der Waals surface area contributed by atoms with Crippen LogP contribution in [-0.2, 0) is 0 Å². The Bertz CT molecular complexity index is 453. The Morgan fingerprint density at radius 1 is 1.16 bits per heavy atom. The first-order chi connectivity index (χ1) is 9.19. The molecule has 0 radical (unpaired) electrons. The van der Waals surface area contributed by atoms with Crippen molar-refractivity contribution in [3.05, 3.63) is 23.9 Å². The standard InChI is InChI=1S/C15H21N3S/c16-14(19)12-3-4-13(17-11-12)18-9-7-15(8-10-18)5-1-2-6-15/h3-4,11H,1-2,5-10H2,(H2,16,19). The van der Waals surface area contributed by atoms with Crippen LogP contribution in [0.25, 0.3) is 0 Å². The molecule has 0 unspecified atom stereocenters. The van der Waals surface area contributed by atoms with Gasteiger partial charge in [0.1, 0.15) is 10.8 Å². The van der Waals surface area contributed by atoms with E-state index < -0.39 is 0 Å². The Morgan fingerprint density at radius 3 is 2.37 bits per heavy atom. The zero-order valence-corrected chi connectivity index (χ0v) is 12.1. The van der Waals surface area contributed by atoms with Crippen LogP contribution in [0.15, 0.2) is 18.3 Å². The lowest BCUT2D eigenvalue weighted by Crippen LogP contribution is -2.39. The molecule has 4 heteroatoms. The fourth-order valence-corrected chi connectivity index (χ4v) is 3.67. The maximum atomic E-state index is 5.60. The molecule has 2 aliphatic rings. The second-order valence-corrected chi connectivity index (χ2v) is 6.40. The van der Waals surface area contributed by atoms with Gasteiger partial charge in [-0.05, 0) is 43.2 Å². The SMILES string of the molecule is NC(=S)c1ccc(N2CCC3(CCCC3)CC2)nc1. The molecule has 2 fully saturated rings. The highest BCUT2D eigenvalue weighted by atomic mass is 32.1. The van der Waals surface area contributed by atoms with Crippen molar-refractivity contribution in [1.82, 2.24) is 4.98 Å². The highest BCUT2D eigenvalue weighted by Crippen LogP contribution is 2.46. The second-order valence-electron chi connectivity index (χ2n) is 5.96. The van der Waals surface area contributed by atoms with Crippen LogP contribution in [0, 0.1) is 5.41 Å². The smallest absolute Gasteiger partial charge is 0.128 e. The molecule has 2 N–H and O–H groups in total. The number of anilines is 1. The normalized spacial score (nSPS) is 21.8. The number of piperidine rings is 1. The van der Waals surface area contributed by atoms with Gasteiger partial charge < -0.3 is 10.6 Å². The van der Waals surface area contributed by atoms with Crippen LogP contribution in [0.3, 0.4) is 0 Å². The van der Waals surface area contributed by atoms with Crippen LogP contribution in [0.5, 0.6) is 0 Å². The quantitative estimate of drug-likeness (QED) is 0.843. The molecule has 1 saturated heterocycles. The van der Waals surface area contributed by atoms with Crippen LogP contribution in [0.1, 0.15) is 44.1 Å². The average molecular weight is 275 g/mol. The molecule has 1 aromatic rings. The van der Waals surface area contributed by atoms with Gasteiger partial charge in [-0.25, -0.2) is 4.98 Å². The van der Waals surface area contributed by atoms with E-state index >= 15 is 0 Å². The van der Waals surface area contributed by atoms with E-state index in [1.807, 2.05) is 12.1 Å². The van der Waals surface area contributed by atoms with Gasteiger partial charge in [0.05, 0.1) is 0 Å². The summed E-state index contributed by atoms with van der Waals surface area (Å²) < 4.78 is 0. The van der Waals surface area contributed by atoms with E-state index in [0.717, 1.165) is 24.5 Å². The van der Waals surface area contributed by atoms with Crippen molar-refractivity contribution in [2.75, 3.05) is 18.0 Å². The minimum absolute atomic E-state index is 0.419. The number of rotatable bonds is 2. The largest absolute Gasteiger partial charge is 0.389 e. The summed E-state index contributed by atoms with van der Waals surface area (Å²) in [6.45, 7) is 2.28. The molecule has 0 aromatic carbocycles.